The number of nitrogens with one attached hydrogen (secondary N) is 2. The van der Waals surface area contributed by atoms with Crippen LogP contribution in [0.1, 0.15) is 39.0 Å². The molecule has 0 aliphatic heterocycles. The van der Waals surface area contributed by atoms with Crippen molar-refractivity contribution in [3.8, 4) is 5.75 Å². The number of aromatic nitrogens is 4. The van der Waals surface area contributed by atoms with Crippen LogP contribution in [-0.4, -0.2) is 56.4 Å². The highest BCUT2D eigenvalue weighted by Crippen LogP contribution is 2.25. The van der Waals surface area contributed by atoms with Crippen molar-refractivity contribution in [1.29, 1.82) is 0 Å². The van der Waals surface area contributed by atoms with E-state index in [1.165, 1.54) is 11.6 Å². The number of nitro groups is 1. The molecule has 0 saturated heterocycles. The van der Waals surface area contributed by atoms with E-state index in [4.69, 9.17) is 20.9 Å². The molecule has 0 saturated carbocycles. The van der Waals surface area contributed by atoms with E-state index in [1.807, 2.05) is 13.8 Å². The molecule has 0 atom stereocenters. The van der Waals surface area contributed by atoms with Gasteiger partial charge in [0.15, 0.2) is 12.4 Å². The van der Waals surface area contributed by atoms with Crippen LogP contribution >= 0.6 is 11.6 Å². The fourth-order valence-electron chi connectivity index (χ4n) is 3.29. The monoisotopic (exact) mass is 505 g/mol. The van der Waals surface area contributed by atoms with Gasteiger partial charge in [0.05, 0.1) is 4.92 Å². The smallest absolute Gasteiger partial charge is 0.316 e. The molecule has 0 unspecified atom stereocenters. The third kappa shape index (κ3) is 6.32. The lowest BCUT2D eigenvalue weighted by Gasteiger charge is -2.10. The van der Waals surface area contributed by atoms with Crippen LogP contribution in [0.2, 0.25) is 5.02 Å². The first-order chi connectivity index (χ1) is 16.6. The average Bonchev–Trinajstić information content (AvgIpc) is 3.37. The Balaban J connectivity index is 1.42. The highest BCUT2D eigenvalue weighted by atomic mass is 35.5. The Hall–Kier alpha value is -4.00. The minimum absolute atomic E-state index is 0.0000193. The number of aryl methyl sites for hydroxylation is 3. The van der Waals surface area contributed by atoms with Gasteiger partial charge < -0.3 is 19.9 Å². The van der Waals surface area contributed by atoms with Crippen molar-refractivity contribution in [2.24, 2.45) is 0 Å². The SMILES string of the molecule is Cc1cc(OCC(=O)NCCNC(=O)c2nc(Cn3nc(C)c([N+](=O)[O-])c3C)no2)cc(C)c1Cl. The number of amides is 2. The first-order valence-corrected chi connectivity index (χ1v) is 10.9. The lowest BCUT2D eigenvalue weighted by molar-refractivity contribution is -0.386. The molecule has 2 aromatic heterocycles. The number of carbonyl (C=O) groups excluding carboxylic acids is 2. The number of halogens is 1. The van der Waals surface area contributed by atoms with Crippen molar-refractivity contribution < 1.29 is 23.8 Å². The molecule has 186 valence electrons. The molecule has 0 radical (unpaired) electrons. The van der Waals surface area contributed by atoms with E-state index in [0.717, 1.165) is 11.1 Å². The van der Waals surface area contributed by atoms with Gasteiger partial charge in [-0.25, -0.2) is 0 Å². The van der Waals surface area contributed by atoms with Crippen LogP contribution in [0, 0.1) is 37.8 Å². The zero-order valence-corrected chi connectivity index (χ0v) is 20.3. The van der Waals surface area contributed by atoms with Gasteiger partial charge in [-0.15, -0.1) is 0 Å². The number of benzene rings is 1. The van der Waals surface area contributed by atoms with Crippen LogP contribution in [0.15, 0.2) is 16.7 Å². The number of nitrogens with zero attached hydrogens (tertiary/aromatic N) is 5. The lowest BCUT2D eigenvalue weighted by Crippen LogP contribution is -2.36. The van der Waals surface area contributed by atoms with Gasteiger partial charge in [0.2, 0.25) is 0 Å². The Morgan fingerprint density at radius 3 is 2.46 bits per heavy atom. The van der Waals surface area contributed by atoms with Gasteiger partial charge in [-0.3, -0.25) is 24.4 Å². The quantitative estimate of drug-likeness (QED) is 0.238. The third-order valence-corrected chi connectivity index (χ3v) is 5.59. The summed E-state index contributed by atoms with van der Waals surface area (Å²) in [5.41, 5.74) is 2.22. The summed E-state index contributed by atoms with van der Waals surface area (Å²) in [6.07, 6.45) is 0. The molecule has 2 heterocycles. The van der Waals surface area contributed by atoms with E-state index in [1.54, 1.807) is 19.1 Å². The van der Waals surface area contributed by atoms with Crippen LogP contribution in [-0.2, 0) is 11.3 Å². The van der Waals surface area contributed by atoms with Crippen LogP contribution in [0.25, 0.3) is 0 Å². The molecular weight excluding hydrogens is 482 g/mol. The maximum atomic E-state index is 12.2. The van der Waals surface area contributed by atoms with Gasteiger partial charge >= 0.3 is 17.5 Å². The molecule has 0 aliphatic carbocycles. The Morgan fingerprint density at radius 1 is 1.17 bits per heavy atom. The normalized spacial score (nSPS) is 10.8. The van der Waals surface area contributed by atoms with Gasteiger partial charge in [0.1, 0.15) is 23.7 Å². The Labute approximate surface area is 204 Å². The number of hydrogen-bond acceptors (Lipinski definition) is 9. The van der Waals surface area contributed by atoms with E-state index < -0.39 is 10.8 Å². The summed E-state index contributed by atoms with van der Waals surface area (Å²) in [6, 6.07) is 3.50. The predicted molar refractivity (Wildman–Crippen MR) is 124 cm³/mol. The van der Waals surface area contributed by atoms with Gasteiger partial charge in [0.25, 0.3) is 5.91 Å². The van der Waals surface area contributed by atoms with Crippen LogP contribution in [0.5, 0.6) is 5.75 Å². The molecule has 2 amide bonds. The summed E-state index contributed by atoms with van der Waals surface area (Å²) in [4.78, 5) is 38.8. The van der Waals surface area contributed by atoms with Crippen molar-refractivity contribution in [1.82, 2.24) is 30.6 Å². The Kier molecular flexibility index (Phi) is 8.02. The Morgan fingerprint density at radius 2 is 1.83 bits per heavy atom. The average molecular weight is 506 g/mol. The lowest BCUT2D eigenvalue weighted by atomic mass is 10.1. The first kappa shape index (κ1) is 25.6. The summed E-state index contributed by atoms with van der Waals surface area (Å²) in [5.74, 6) is -0.590. The van der Waals surface area contributed by atoms with Gasteiger partial charge in [-0.1, -0.05) is 16.8 Å². The molecule has 0 aliphatic rings. The highest BCUT2D eigenvalue weighted by Gasteiger charge is 2.23. The molecule has 14 heteroatoms. The minimum atomic E-state index is -0.624. The summed E-state index contributed by atoms with van der Waals surface area (Å²) in [6.45, 7) is 6.87. The molecular formula is C21H24ClN7O6. The molecule has 3 rings (SSSR count). The second kappa shape index (κ2) is 11.0. The highest BCUT2D eigenvalue weighted by molar-refractivity contribution is 6.32. The molecule has 0 bridgehead atoms. The molecule has 0 fully saturated rings. The maximum Gasteiger partial charge on any atom is 0.316 e. The molecule has 35 heavy (non-hydrogen) atoms. The number of carbonyl (C=O) groups is 2. The Bertz CT molecular complexity index is 1250. The molecule has 13 nitrogen and oxygen atoms in total. The van der Waals surface area contributed by atoms with Crippen molar-refractivity contribution in [3.63, 3.8) is 0 Å². The van der Waals surface area contributed by atoms with E-state index in [2.05, 4.69) is 25.9 Å². The fourth-order valence-corrected chi connectivity index (χ4v) is 3.40. The van der Waals surface area contributed by atoms with Crippen LogP contribution in [0.3, 0.4) is 0 Å². The summed E-state index contributed by atoms with van der Waals surface area (Å²) < 4.78 is 11.8. The number of rotatable bonds is 10. The second-order valence-electron chi connectivity index (χ2n) is 7.72. The summed E-state index contributed by atoms with van der Waals surface area (Å²) in [5, 5.41) is 24.8. The van der Waals surface area contributed by atoms with E-state index in [9.17, 15) is 19.7 Å². The minimum Gasteiger partial charge on any atom is -0.484 e. The van der Waals surface area contributed by atoms with Gasteiger partial charge in [0, 0.05) is 18.1 Å². The van der Waals surface area contributed by atoms with Crippen LogP contribution < -0.4 is 15.4 Å². The van der Waals surface area contributed by atoms with Crippen molar-refractivity contribution >= 4 is 29.1 Å². The van der Waals surface area contributed by atoms with Crippen molar-refractivity contribution in [2.45, 2.75) is 34.2 Å². The summed E-state index contributed by atoms with van der Waals surface area (Å²) in [7, 11) is 0. The zero-order chi connectivity index (χ0) is 25.7. The van der Waals surface area contributed by atoms with E-state index in [0.29, 0.717) is 16.5 Å². The van der Waals surface area contributed by atoms with Gasteiger partial charge in [-0.2, -0.15) is 10.1 Å². The van der Waals surface area contributed by atoms with Crippen molar-refractivity contribution in [3.05, 3.63) is 61.5 Å². The molecule has 0 spiro atoms. The molecule has 3 aromatic rings. The van der Waals surface area contributed by atoms with E-state index >= 15 is 0 Å². The largest absolute Gasteiger partial charge is 0.484 e. The first-order valence-electron chi connectivity index (χ1n) is 10.5. The van der Waals surface area contributed by atoms with E-state index in [-0.39, 0.29) is 55.2 Å². The second-order valence-corrected chi connectivity index (χ2v) is 8.09. The fraction of sp³-hybridized carbons (Fsp3) is 0.381. The van der Waals surface area contributed by atoms with Gasteiger partial charge in [-0.05, 0) is 51.0 Å². The topological polar surface area (TPSA) is 167 Å². The maximum absolute atomic E-state index is 12.2. The predicted octanol–water partition coefficient (Wildman–Crippen LogP) is 2.03. The van der Waals surface area contributed by atoms with Crippen molar-refractivity contribution in [2.75, 3.05) is 19.7 Å². The van der Waals surface area contributed by atoms with Crippen LogP contribution in [0.4, 0.5) is 5.69 Å². The third-order valence-electron chi connectivity index (χ3n) is 4.99. The number of hydrogen-bond donors (Lipinski definition) is 2. The zero-order valence-electron chi connectivity index (χ0n) is 19.5. The summed E-state index contributed by atoms with van der Waals surface area (Å²) >= 11 is 6.12. The number of ether oxygens (including phenoxy) is 1. The molecule has 1 aromatic carbocycles. The standard InChI is InChI=1S/C21H24ClN7O6/c1-11-7-15(8-12(2)18(11)22)34-10-17(30)23-5-6-24-20(31)21-25-16(27-35-21)9-28-14(4)19(29(32)33)13(3)26-28/h7-8H,5-6,9-10H2,1-4H3,(H,23,30)(H,24,31). The molecule has 2 N–H and O–H groups in total.